The number of nitrogens with two attached hydrogens (primary N) is 1. The molecule has 0 amide bonds. The van der Waals surface area contributed by atoms with E-state index in [-0.39, 0.29) is 0 Å². The standard InChI is InChI=1S/C14H23BrN2/c1-3-5-14(16)8-9-17(2)11-12-6-4-7-13(15)10-12/h4,6-7,10,14H,3,5,8-9,11,16H2,1-2H3. The maximum atomic E-state index is 6.02. The topological polar surface area (TPSA) is 29.3 Å². The van der Waals surface area contributed by atoms with Crippen molar-refractivity contribution in [2.24, 2.45) is 5.73 Å². The molecular weight excluding hydrogens is 276 g/mol. The van der Waals surface area contributed by atoms with Crippen molar-refractivity contribution in [2.45, 2.75) is 38.8 Å². The molecule has 0 aromatic heterocycles. The van der Waals surface area contributed by atoms with Crippen LogP contribution in [0.2, 0.25) is 0 Å². The second-order valence-electron chi connectivity index (χ2n) is 4.71. The summed E-state index contributed by atoms with van der Waals surface area (Å²) in [6.07, 6.45) is 3.39. The van der Waals surface area contributed by atoms with Crippen LogP contribution in [0.1, 0.15) is 31.7 Å². The van der Waals surface area contributed by atoms with E-state index in [0.717, 1.165) is 30.4 Å². The minimum absolute atomic E-state index is 0.352. The van der Waals surface area contributed by atoms with Crippen molar-refractivity contribution < 1.29 is 0 Å². The first-order valence-electron chi connectivity index (χ1n) is 6.30. The number of hydrogen-bond donors (Lipinski definition) is 1. The fourth-order valence-electron chi connectivity index (χ4n) is 1.93. The first-order chi connectivity index (χ1) is 8.11. The molecule has 1 aromatic carbocycles. The molecule has 96 valence electrons. The van der Waals surface area contributed by atoms with Crippen molar-refractivity contribution in [1.82, 2.24) is 4.90 Å². The molecule has 17 heavy (non-hydrogen) atoms. The van der Waals surface area contributed by atoms with Gasteiger partial charge in [-0.05, 0) is 44.1 Å². The van der Waals surface area contributed by atoms with Gasteiger partial charge in [-0.2, -0.15) is 0 Å². The molecule has 1 atom stereocenters. The first-order valence-corrected chi connectivity index (χ1v) is 7.09. The molecule has 0 aliphatic carbocycles. The summed E-state index contributed by atoms with van der Waals surface area (Å²) in [5, 5.41) is 0. The van der Waals surface area contributed by atoms with Gasteiger partial charge in [0.05, 0.1) is 0 Å². The molecule has 1 rings (SSSR count). The van der Waals surface area contributed by atoms with Crippen LogP contribution < -0.4 is 5.73 Å². The Morgan fingerprint density at radius 3 is 2.76 bits per heavy atom. The Bertz CT molecular complexity index is 328. The van der Waals surface area contributed by atoms with Crippen LogP contribution in [0.25, 0.3) is 0 Å². The van der Waals surface area contributed by atoms with Crippen molar-refractivity contribution in [2.75, 3.05) is 13.6 Å². The minimum atomic E-state index is 0.352. The van der Waals surface area contributed by atoms with E-state index in [0.29, 0.717) is 6.04 Å². The highest BCUT2D eigenvalue weighted by atomic mass is 79.9. The van der Waals surface area contributed by atoms with Crippen LogP contribution >= 0.6 is 15.9 Å². The molecule has 2 nitrogen and oxygen atoms in total. The smallest absolute Gasteiger partial charge is 0.0231 e. The summed E-state index contributed by atoms with van der Waals surface area (Å²) in [7, 11) is 2.15. The number of nitrogens with zero attached hydrogens (tertiary/aromatic N) is 1. The predicted octanol–water partition coefficient (Wildman–Crippen LogP) is 3.40. The summed E-state index contributed by atoms with van der Waals surface area (Å²) in [6, 6.07) is 8.82. The van der Waals surface area contributed by atoms with E-state index in [2.05, 4.69) is 59.1 Å². The molecule has 0 spiro atoms. The van der Waals surface area contributed by atoms with Crippen molar-refractivity contribution >= 4 is 15.9 Å². The third kappa shape index (κ3) is 6.20. The van der Waals surface area contributed by atoms with Gasteiger partial charge in [-0.3, -0.25) is 0 Å². The Morgan fingerprint density at radius 2 is 2.12 bits per heavy atom. The summed E-state index contributed by atoms with van der Waals surface area (Å²) < 4.78 is 1.14. The molecule has 1 aromatic rings. The largest absolute Gasteiger partial charge is 0.328 e. The molecule has 3 heteroatoms. The molecule has 0 bridgehead atoms. The van der Waals surface area contributed by atoms with Gasteiger partial charge >= 0.3 is 0 Å². The van der Waals surface area contributed by atoms with Crippen LogP contribution in [-0.4, -0.2) is 24.5 Å². The quantitative estimate of drug-likeness (QED) is 0.836. The third-order valence-electron chi connectivity index (χ3n) is 2.88. The van der Waals surface area contributed by atoms with Gasteiger partial charge < -0.3 is 10.6 Å². The molecule has 0 heterocycles. The van der Waals surface area contributed by atoms with E-state index >= 15 is 0 Å². The van der Waals surface area contributed by atoms with Crippen LogP contribution in [0.15, 0.2) is 28.7 Å². The lowest BCUT2D eigenvalue weighted by Gasteiger charge is -2.19. The monoisotopic (exact) mass is 298 g/mol. The zero-order valence-corrected chi connectivity index (χ0v) is 12.4. The van der Waals surface area contributed by atoms with Crippen molar-refractivity contribution in [3.05, 3.63) is 34.3 Å². The highest BCUT2D eigenvalue weighted by Crippen LogP contribution is 2.13. The van der Waals surface area contributed by atoms with Crippen molar-refractivity contribution in [3.63, 3.8) is 0 Å². The van der Waals surface area contributed by atoms with Gasteiger partial charge in [0.25, 0.3) is 0 Å². The summed E-state index contributed by atoms with van der Waals surface area (Å²) in [6.45, 7) is 4.23. The Kier molecular flexibility index (Phi) is 6.78. The Morgan fingerprint density at radius 1 is 1.35 bits per heavy atom. The maximum absolute atomic E-state index is 6.02. The Hall–Kier alpha value is -0.380. The van der Waals surface area contributed by atoms with Crippen molar-refractivity contribution in [3.8, 4) is 0 Å². The SMILES string of the molecule is CCCC(N)CCN(C)Cc1cccc(Br)c1. The average molecular weight is 299 g/mol. The molecule has 0 saturated carbocycles. The normalized spacial score (nSPS) is 13.0. The maximum Gasteiger partial charge on any atom is 0.0231 e. The van der Waals surface area contributed by atoms with Gasteiger partial charge in [0.1, 0.15) is 0 Å². The number of rotatable bonds is 7. The van der Waals surface area contributed by atoms with Gasteiger partial charge in [-0.25, -0.2) is 0 Å². The molecular formula is C14H23BrN2. The van der Waals surface area contributed by atoms with Gasteiger partial charge in [0.2, 0.25) is 0 Å². The van der Waals surface area contributed by atoms with Crippen LogP contribution in [0.3, 0.4) is 0 Å². The molecule has 2 N–H and O–H groups in total. The zero-order chi connectivity index (χ0) is 12.7. The highest BCUT2D eigenvalue weighted by molar-refractivity contribution is 9.10. The van der Waals surface area contributed by atoms with Crippen molar-refractivity contribution in [1.29, 1.82) is 0 Å². The molecule has 0 aliphatic rings. The van der Waals surface area contributed by atoms with Gasteiger partial charge in [0.15, 0.2) is 0 Å². The second-order valence-corrected chi connectivity index (χ2v) is 5.62. The Labute approximate surface area is 113 Å². The Balaban J connectivity index is 2.32. The summed E-state index contributed by atoms with van der Waals surface area (Å²) in [5.41, 5.74) is 7.35. The van der Waals surface area contributed by atoms with E-state index in [1.165, 1.54) is 12.0 Å². The summed E-state index contributed by atoms with van der Waals surface area (Å²) in [5.74, 6) is 0. The number of benzene rings is 1. The lowest BCUT2D eigenvalue weighted by Crippen LogP contribution is -2.27. The lowest BCUT2D eigenvalue weighted by atomic mass is 10.1. The van der Waals surface area contributed by atoms with Crippen LogP contribution in [0.5, 0.6) is 0 Å². The molecule has 0 saturated heterocycles. The zero-order valence-electron chi connectivity index (χ0n) is 10.8. The van der Waals surface area contributed by atoms with Crippen LogP contribution in [0, 0.1) is 0 Å². The molecule has 0 fully saturated rings. The number of halogens is 1. The summed E-state index contributed by atoms with van der Waals surface area (Å²) in [4.78, 5) is 2.33. The van der Waals surface area contributed by atoms with E-state index in [9.17, 15) is 0 Å². The van der Waals surface area contributed by atoms with Gasteiger partial charge in [-0.15, -0.1) is 0 Å². The fraction of sp³-hybridized carbons (Fsp3) is 0.571. The van der Waals surface area contributed by atoms with E-state index in [4.69, 9.17) is 5.73 Å². The van der Waals surface area contributed by atoms with Crippen LogP contribution in [-0.2, 0) is 6.54 Å². The van der Waals surface area contributed by atoms with E-state index < -0.39 is 0 Å². The van der Waals surface area contributed by atoms with Gasteiger partial charge in [-0.1, -0.05) is 41.4 Å². The fourth-order valence-corrected chi connectivity index (χ4v) is 2.37. The average Bonchev–Trinajstić information content (AvgIpc) is 2.27. The second kappa shape index (κ2) is 7.85. The predicted molar refractivity (Wildman–Crippen MR) is 78.0 cm³/mol. The summed E-state index contributed by atoms with van der Waals surface area (Å²) >= 11 is 3.50. The lowest BCUT2D eigenvalue weighted by molar-refractivity contribution is 0.307. The molecule has 0 aliphatic heterocycles. The van der Waals surface area contributed by atoms with Crippen LogP contribution in [0.4, 0.5) is 0 Å². The number of hydrogen-bond acceptors (Lipinski definition) is 2. The van der Waals surface area contributed by atoms with E-state index in [1.807, 2.05) is 0 Å². The minimum Gasteiger partial charge on any atom is -0.328 e. The first kappa shape index (κ1) is 14.7. The van der Waals surface area contributed by atoms with Gasteiger partial charge in [0, 0.05) is 17.1 Å². The molecule has 1 unspecified atom stereocenters. The van der Waals surface area contributed by atoms with E-state index in [1.54, 1.807) is 0 Å². The molecule has 0 radical (unpaired) electrons. The third-order valence-corrected chi connectivity index (χ3v) is 3.38. The highest BCUT2D eigenvalue weighted by Gasteiger charge is 2.05.